The van der Waals surface area contributed by atoms with Crippen molar-refractivity contribution in [3.8, 4) is 0 Å². The molecule has 0 radical (unpaired) electrons. The van der Waals surface area contributed by atoms with Gasteiger partial charge >= 0.3 is 0 Å². The third-order valence-electron chi connectivity index (χ3n) is 6.48. The summed E-state index contributed by atoms with van der Waals surface area (Å²) in [6, 6.07) is 3.85. The second-order valence-electron chi connectivity index (χ2n) is 8.29. The number of carbonyl (C=O) groups is 1. The molecule has 3 aliphatic rings. The van der Waals surface area contributed by atoms with Gasteiger partial charge in [0.2, 0.25) is 5.91 Å². The van der Waals surface area contributed by atoms with E-state index in [1.54, 1.807) is 0 Å². The van der Waals surface area contributed by atoms with Crippen LogP contribution in [0.3, 0.4) is 0 Å². The van der Waals surface area contributed by atoms with Crippen LogP contribution in [0.1, 0.15) is 43.8 Å². The van der Waals surface area contributed by atoms with E-state index in [1.165, 1.54) is 30.2 Å². The number of nitrogen functional groups attached to an aromatic ring is 1. The number of aromatic nitrogens is 1. The van der Waals surface area contributed by atoms with Crippen LogP contribution < -0.4 is 10.6 Å². The van der Waals surface area contributed by atoms with Crippen LogP contribution in [-0.2, 0) is 17.6 Å². The molecule has 2 aliphatic carbocycles. The van der Waals surface area contributed by atoms with Gasteiger partial charge in [0.05, 0.1) is 5.52 Å². The number of aryl methyl sites for hydroxylation is 1. The number of fused-ring (bicyclic) bond motifs is 3. The highest BCUT2D eigenvalue weighted by Crippen LogP contribution is 2.37. The molecule has 1 saturated carbocycles. The van der Waals surface area contributed by atoms with Crippen LogP contribution in [0.2, 0.25) is 0 Å². The van der Waals surface area contributed by atoms with Crippen molar-refractivity contribution in [1.29, 1.82) is 5.41 Å². The van der Waals surface area contributed by atoms with E-state index in [9.17, 15) is 4.79 Å². The molecule has 3 N–H and O–H groups in total. The van der Waals surface area contributed by atoms with Crippen molar-refractivity contribution < 1.29 is 6.22 Å². The molecule has 148 valence electrons. The van der Waals surface area contributed by atoms with Gasteiger partial charge in [-0.25, -0.2) is 4.98 Å². The van der Waals surface area contributed by atoms with Gasteiger partial charge in [-0.05, 0) is 61.8 Å². The summed E-state index contributed by atoms with van der Waals surface area (Å²) in [5.74, 6) is 1.73. The number of hydrogen-bond donors (Lipinski definition) is 2. The van der Waals surface area contributed by atoms with Gasteiger partial charge in [0.1, 0.15) is 5.82 Å². The first kappa shape index (κ1) is 17.5. The number of hydrogen-bond acceptors (Lipinski definition) is 5. The number of benzene rings is 1. The molecule has 2 fully saturated rings. The summed E-state index contributed by atoms with van der Waals surface area (Å²) in [4.78, 5) is 21.8. The van der Waals surface area contributed by atoms with Crippen LogP contribution in [0, 0.1) is 11.3 Å². The van der Waals surface area contributed by atoms with Crippen molar-refractivity contribution >= 4 is 34.5 Å². The Hall–Kier alpha value is -2.63. The predicted octanol–water partition coefficient (Wildman–Crippen LogP) is 3.00. The van der Waals surface area contributed by atoms with E-state index < -0.39 is 0 Å². The van der Waals surface area contributed by atoms with Crippen molar-refractivity contribution in [2.45, 2.75) is 38.5 Å². The molecule has 2 aromatic rings. The number of rotatable bonds is 3. The van der Waals surface area contributed by atoms with Crippen LogP contribution in [0.15, 0.2) is 12.1 Å². The van der Waals surface area contributed by atoms with Gasteiger partial charge in [-0.1, -0.05) is 0 Å². The topological polar surface area (TPSA) is 86.3 Å². The first-order chi connectivity index (χ1) is 13.7. The number of amides is 1. The molecule has 1 aromatic carbocycles. The Kier molecular flexibility index (Phi) is 4.22. The van der Waals surface area contributed by atoms with Gasteiger partial charge in [0.25, 0.3) is 0 Å². The van der Waals surface area contributed by atoms with Gasteiger partial charge in [-0.3, -0.25) is 4.79 Å². The standard InChI is InChI=1S/C22H27N5O.H2/c23-13-17-18(24)7-8-19-20(17)15-3-1-2-4-16(15)21(25-19)26-9-11-27(12-10-26)22(28)14-5-6-14;/h7-8,13-14,23H,1-6,9-12,24H2;1H. The zero-order chi connectivity index (χ0) is 19.3. The van der Waals surface area contributed by atoms with Gasteiger partial charge in [0, 0.05) is 56.4 Å². The average Bonchev–Trinajstić information content (AvgIpc) is 3.58. The minimum atomic E-state index is 0. The Morgan fingerprint density at radius 1 is 1.14 bits per heavy atom. The van der Waals surface area contributed by atoms with Gasteiger partial charge in [-0.15, -0.1) is 0 Å². The predicted molar refractivity (Wildman–Crippen MR) is 114 cm³/mol. The highest BCUT2D eigenvalue weighted by atomic mass is 16.2. The lowest BCUT2D eigenvalue weighted by atomic mass is 9.87. The van der Waals surface area contributed by atoms with E-state index >= 15 is 0 Å². The molecule has 6 heteroatoms. The number of nitrogens with two attached hydrogens (primary N) is 1. The Morgan fingerprint density at radius 3 is 2.54 bits per heavy atom. The zero-order valence-corrected chi connectivity index (χ0v) is 16.2. The Balaban J connectivity index is 0.00000205. The van der Waals surface area contributed by atoms with E-state index in [4.69, 9.17) is 16.1 Å². The molecule has 0 unspecified atom stereocenters. The maximum Gasteiger partial charge on any atom is 0.225 e. The molecular formula is C22H29N5O. The Bertz CT molecular complexity index is 964. The van der Waals surface area contributed by atoms with Crippen LogP contribution in [0.25, 0.3) is 10.9 Å². The highest BCUT2D eigenvalue weighted by Gasteiger charge is 2.35. The quantitative estimate of drug-likeness (QED) is 0.634. The minimum Gasteiger partial charge on any atom is -0.398 e. The van der Waals surface area contributed by atoms with Crippen LogP contribution in [-0.4, -0.2) is 48.2 Å². The summed E-state index contributed by atoms with van der Waals surface area (Å²) in [6.07, 6.45) is 7.90. The summed E-state index contributed by atoms with van der Waals surface area (Å²) in [7, 11) is 0. The third-order valence-corrected chi connectivity index (χ3v) is 6.48. The normalized spacial score (nSPS) is 19.6. The van der Waals surface area contributed by atoms with E-state index in [0.717, 1.165) is 74.1 Å². The molecule has 1 amide bonds. The molecule has 1 aliphatic heterocycles. The fraction of sp³-hybridized carbons (Fsp3) is 0.500. The smallest absolute Gasteiger partial charge is 0.225 e. The zero-order valence-electron chi connectivity index (χ0n) is 16.2. The molecule has 0 bridgehead atoms. The number of piperazine rings is 1. The summed E-state index contributed by atoms with van der Waals surface area (Å²) >= 11 is 0. The lowest BCUT2D eigenvalue weighted by Gasteiger charge is -2.37. The first-order valence-corrected chi connectivity index (χ1v) is 10.5. The number of anilines is 2. The van der Waals surface area contributed by atoms with E-state index in [2.05, 4.69) is 4.90 Å². The third kappa shape index (κ3) is 2.82. The lowest BCUT2D eigenvalue weighted by Crippen LogP contribution is -2.49. The van der Waals surface area contributed by atoms with Gasteiger partial charge in [-0.2, -0.15) is 0 Å². The van der Waals surface area contributed by atoms with E-state index in [-0.39, 0.29) is 1.43 Å². The molecule has 0 atom stereocenters. The molecule has 1 saturated heterocycles. The number of nitrogens with one attached hydrogen (secondary N) is 1. The molecule has 0 spiro atoms. The molecule has 1 aromatic heterocycles. The van der Waals surface area contributed by atoms with Crippen molar-refractivity contribution in [1.82, 2.24) is 9.88 Å². The first-order valence-electron chi connectivity index (χ1n) is 10.5. The van der Waals surface area contributed by atoms with Crippen molar-refractivity contribution in [2.24, 2.45) is 5.92 Å². The Morgan fingerprint density at radius 2 is 1.86 bits per heavy atom. The average molecular weight is 380 g/mol. The van der Waals surface area contributed by atoms with E-state index in [0.29, 0.717) is 17.5 Å². The molecule has 28 heavy (non-hydrogen) atoms. The summed E-state index contributed by atoms with van der Waals surface area (Å²) in [5.41, 5.74) is 11.2. The van der Waals surface area contributed by atoms with Crippen LogP contribution in [0.5, 0.6) is 0 Å². The Labute approximate surface area is 166 Å². The summed E-state index contributed by atoms with van der Waals surface area (Å²) < 4.78 is 0. The monoisotopic (exact) mass is 379 g/mol. The molecule has 6 nitrogen and oxygen atoms in total. The lowest BCUT2D eigenvalue weighted by molar-refractivity contribution is -0.132. The van der Waals surface area contributed by atoms with Crippen LogP contribution in [0.4, 0.5) is 11.5 Å². The van der Waals surface area contributed by atoms with Crippen molar-refractivity contribution in [3.63, 3.8) is 0 Å². The largest absolute Gasteiger partial charge is 0.398 e. The summed E-state index contributed by atoms with van der Waals surface area (Å²) in [5, 5.41) is 8.92. The molecule has 2 heterocycles. The molecule has 5 rings (SSSR count). The maximum atomic E-state index is 12.4. The molecular weight excluding hydrogens is 350 g/mol. The van der Waals surface area contributed by atoms with Crippen molar-refractivity contribution in [2.75, 3.05) is 36.8 Å². The fourth-order valence-electron chi connectivity index (χ4n) is 4.79. The second kappa shape index (κ2) is 6.76. The maximum absolute atomic E-state index is 12.4. The SMILES string of the molecule is N=Cc1c(N)ccc2nc(N3CCN(C(=O)C4CC4)CC3)c3c(c12)CCCC3.[HH]. The number of pyridine rings is 1. The number of carbonyl (C=O) groups excluding carboxylic acids is 1. The minimum absolute atomic E-state index is 0. The van der Waals surface area contributed by atoms with Gasteiger partial charge < -0.3 is 20.9 Å². The fourth-order valence-corrected chi connectivity index (χ4v) is 4.79. The van der Waals surface area contributed by atoms with Gasteiger partial charge in [0.15, 0.2) is 0 Å². The van der Waals surface area contributed by atoms with E-state index in [1.807, 2.05) is 17.0 Å². The van der Waals surface area contributed by atoms with Crippen molar-refractivity contribution in [3.05, 3.63) is 28.8 Å². The van der Waals surface area contributed by atoms with Crippen LogP contribution >= 0.6 is 0 Å². The summed E-state index contributed by atoms with van der Waals surface area (Å²) in [6.45, 7) is 3.26. The second-order valence-corrected chi connectivity index (χ2v) is 8.29. The highest BCUT2D eigenvalue weighted by molar-refractivity contribution is 6.05. The number of nitrogens with zero attached hydrogens (tertiary/aromatic N) is 3.